The van der Waals surface area contributed by atoms with Gasteiger partial charge in [-0.05, 0) is 24.1 Å². The Morgan fingerprint density at radius 3 is 3.07 bits per heavy atom. The maximum atomic E-state index is 12.2. The molecule has 4 rings (SSSR count). The number of rotatable bonds is 7. The number of fused-ring (bicyclic) bond motifs is 1. The molecule has 3 aromatic heterocycles. The first-order valence-corrected chi connectivity index (χ1v) is 9.74. The van der Waals surface area contributed by atoms with Gasteiger partial charge in [-0.15, -0.1) is 5.10 Å². The highest BCUT2D eigenvalue weighted by molar-refractivity contribution is 5.76. The number of aryl methyl sites for hydroxylation is 1. The number of hydrogen-bond donors (Lipinski definition) is 1. The number of nitrogens with one attached hydrogen (secondary N) is 1. The molecule has 3 aromatic rings. The minimum absolute atomic E-state index is 0.0114. The van der Waals surface area contributed by atoms with Crippen LogP contribution in [0, 0.1) is 5.92 Å². The van der Waals surface area contributed by atoms with Crippen molar-refractivity contribution in [3.63, 3.8) is 0 Å². The Hall–Kier alpha value is -3.40. The fourth-order valence-electron chi connectivity index (χ4n) is 3.37. The molecule has 1 atom stereocenters. The number of ether oxygens (including phenoxy) is 2. The van der Waals surface area contributed by atoms with Crippen molar-refractivity contribution in [3.8, 4) is 17.1 Å². The van der Waals surface area contributed by atoms with Crippen molar-refractivity contribution in [1.29, 1.82) is 0 Å². The van der Waals surface area contributed by atoms with E-state index in [0.29, 0.717) is 50.7 Å². The van der Waals surface area contributed by atoms with E-state index in [0.717, 1.165) is 16.8 Å². The Labute approximate surface area is 173 Å². The average molecular weight is 409 g/mol. The molecule has 0 spiro atoms. The summed E-state index contributed by atoms with van der Waals surface area (Å²) in [5.74, 6) is 0.584. The molecule has 4 heterocycles. The van der Waals surface area contributed by atoms with E-state index in [1.807, 2.05) is 16.8 Å². The van der Waals surface area contributed by atoms with Crippen LogP contribution >= 0.6 is 0 Å². The summed E-state index contributed by atoms with van der Waals surface area (Å²) in [5, 5.41) is 11.6. The van der Waals surface area contributed by atoms with Gasteiger partial charge in [0.2, 0.25) is 11.8 Å². The average Bonchev–Trinajstić information content (AvgIpc) is 3.07. The number of carbonyl (C=O) groups is 1. The van der Waals surface area contributed by atoms with E-state index >= 15 is 0 Å². The van der Waals surface area contributed by atoms with Crippen LogP contribution in [0.2, 0.25) is 0 Å². The van der Waals surface area contributed by atoms with Crippen molar-refractivity contribution in [3.05, 3.63) is 48.3 Å². The van der Waals surface area contributed by atoms with E-state index in [4.69, 9.17) is 9.47 Å². The molecular formula is C20H23N7O3. The Morgan fingerprint density at radius 1 is 1.37 bits per heavy atom. The van der Waals surface area contributed by atoms with Crippen LogP contribution in [0.5, 0.6) is 5.88 Å². The highest BCUT2D eigenvalue weighted by Gasteiger charge is 2.24. The van der Waals surface area contributed by atoms with Crippen molar-refractivity contribution in [2.24, 2.45) is 5.92 Å². The lowest BCUT2D eigenvalue weighted by atomic mass is 10.1. The standard InChI is InChI=1S/C20H23N7O3/c1-29-20-16(3-2-6-23-20)19-17-12-30-11-15(10-27(17)26-25-19)9-24-18(28)5-4-14-7-21-13-22-8-14/h2-3,6-8,13,15H,4-5,9-12H2,1H3,(H,24,28). The van der Waals surface area contributed by atoms with Gasteiger partial charge in [-0.25, -0.2) is 19.6 Å². The molecule has 0 saturated heterocycles. The highest BCUT2D eigenvalue weighted by Crippen LogP contribution is 2.30. The molecule has 0 radical (unpaired) electrons. The molecule has 0 aromatic carbocycles. The van der Waals surface area contributed by atoms with Gasteiger partial charge in [0.05, 0.1) is 31.6 Å². The molecule has 0 aliphatic carbocycles. The van der Waals surface area contributed by atoms with Crippen molar-refractivity contribution in [1.82, 2.24) is 35.3 Å². The van der Waals surface area contributed by atoms with Gasteiger partial charge in [0.25, 0.3) is 0 Å². The summed E-state index contributed by atoms with van der Waals surface area (Å²) in [4.78, 5) is 24.4. The van der Waals surface area contributed by atoms with Crippen LogP contribution in [-0.2, 0) is 29.1 Å². The predicted octanol–water partition coefficient (Wildman–Crippen LogP) is 1.03. The van der Waals surface area contributed by atoms with Gasteiger partial charge < -0.3 is 14.8 Å². The summed E-state index contributed by atoms with van der Waals surface area (Å²) >= 11 is 0. The Kier molecular flexibility index (Phi) is 6.23. The molecule has 0 bridgehead atoms. The second kappa shape index (κ2) is 9.40. The molecule has 10 nitrogen and oxygen atoms in total. The number of methoxy groups -OCH3 is 1. The molecule has 1 aliphatic rings. The third-order valence-electron chi connectivity index (χ3n) is 4.92. The molecule has 156 valence electrons. The molecule has 0 fully saturated rings. The molecule has 10 heteroatoms. The van der Waals surface area contributed by atoms with Gasteiger partial charge in [-0.3, -0.25) is 4.79 Å². The van der Waals surface area contributed by atoms with Crippen LogP contribution in [0.25, 0.3) is 11.3 Å². The molecule has 1 amide bonds. The Morgan fingerprint density at radius 2 is 2.23 bits per heavy atom. The van der Waals surface area contributed by atoms with Crippen LogP contribution in [0.15, 0.2) is 37.1 Å². The molecule has 1 aliphatic heterocycles. The van der Waals surface area contributed by atoms with Gasteiger partial charge in [-0.2, -0.15) is 0 Å². The second-order valence-electron chi connectivity index (χ2n) is 7.06. The fraction of sp³-hybridized carbons (Fsp3) is 0.400. The van der Waals surface area contributed by atoms with Crippen molar-refractivity contribution >= 4 is 5.91 Å². The third-order valence-corrected chi connectivity index (χ3v) is 4.92. The van der Waals surface area contributed by atoms with E-state index in [1.165, 1.54) is 6.33 Å². The second-order valence-corrected chi connectivity index (χ2v) is 7.06. The van der Waals surface area contributed by atoms with E-state index < -0.39 is 0 Å². The summed E-state index contributed by atoms with van der Waals surface area (Å²) in [5.41, 5.74) is 3.30. The van der Waals surface area contributed by atoms with Crippen LogP contribution in [0.1, 0.15) is 17.7 Å². The summed E-state index contributed by atoms with van der Waals surface area (Å²) < 4.78 is 13.0. The van der Waals surface area contributed by atoms with Gasteiger partial charge >= 0.3 is 0 Å². The highest BCUT2D eigenvalue weighted by atomic mass is 16.5. The molecule has 30 heavy (non-hydrogen) atoms. The lowest BCUT2D eigenvalue weighted by Gasteiger charge is -2.14. The van der Waals surface area contributed by atoms with Crippen LogP contribution < -0.4 is 10.1 Å². The van der Waals surface area contributed by atoms with Crippen molar-refractivity contribution in [2.45, 2.75) is 26.0 Å². The smallest absolute Gasteiger partial charge is 0.222 e. The number of carbonyl (C=O) groups excluding carboxylic acids is 1. The normalized spacial score (nSPS) is 15.8. The SMILES string of the molecule is COc1ncccc1-c1nnn2c1COCC(CNC(=O)CCc1cncnc1)C2. The lowest BCUT2D eigenvalue weighted by Crippen LogP contribution is -2.33. The monoisotopic (exact) mass is 409 g/mol. The summed E-state index contributed by atoms with van der Waals surface area (Å²) in [6.45, 7) is 2.03. The van der Waals surface area contributed by atoms with Gasteiger partial charge in [0.15, 0.2) is 0 Å². The number of pyridine rings is 1. The Balaban J connectivity index is 1.36. The molecular weight excluding hydrogens is 386 g/mol. The molecule has 1 unspecified atom stereocenters. The van der Waals surface area contributed by atoms with E-state index in [9.17, 15) is 4.79 Å². The molecule has 0 saturated carbocycles. The maximum Gasteiger partial charge on any atom is 0.222 e. The van der Waals surface area contributed by atoms with Crippen LogP contribution in [-0.4, -0.2) is 56.1 Å². The zero-order chi connectivity index (χ0) is 20.8. The van der Waals surface area contributed by atoms with E-state index in [1.54, 1.807) is 25.7 Å². The zero-order valence-corrected chi connectivity index (χ0v) is 16.7. The van der Waals surface area contributed by atoms with Gasteiger partial charge in [0.1, 0.15) is 12.0 Å². The first-order valence-electron chi connectivity index (χ1n) is 9.74. The van der Waals surface area contributed by atoms with Crippen LogP contribution in [0.3, 0.4) is 0 Å². The quantitative estimate of drug-likeness (QED) is 0.615. The van der Waals surface area contributed by atoms with Gasteiger partial charge in [-0.1, -0.05) is 5.21 Å². The van der Waals surface area contributed by atoms with Crippen molar-refractivity contribution < 1.29 is 14.3 Å². The minimum Gasteiger partial charge on any atom is -0.481 e. The minimum atomic E-state index is -0.0114. The lowest BCUT2D eigenvalue weighted by molar-refractivity contribution is -0.121. The largest absolute Gasteiger partial charge is 0.481 e. The topological polar surface area (TPSA) is 117 Å². The summed E-state index contributed by atoms with van der Waals surface area (Å²) in [7, 11) is 1.58. The van der Waals surface area contributed by atoms with Crippen molar-refractivity contribution in [2.75, 3.05) is 20.3 Å². The first kappa shape index (κ1) is 19.9. The number of nitrogens with zero attached hydrogens (tertiary/aromatic N) is 6. The third kappa shape index (κ3) is 4.60. The zero-order valence-electron chi connectivity index (χ0n) is 16.7. The van der Waals surface area contributed by atoms with Gasteiger partial charge in [0, 0.05) is 44.0 Å². The summed E-state index contributed by atoms with van der Waals surface area (Å²) in [6, 6.07) is 3.73. The van der Waals surface area contributed by atoms with Crippen LogP contribution in [0.4, 0.5) is 0 Å². The first-order chi connectivity index (χ1) is 14.7. The number of aromatic nitrogens is 6. The Bertz CT molecular complexity index is 993. The van der Waals surface area contributed by atoms with E-state index in [2.05, 4.69) is 30.6 Å². The maximum absolute atomic E-state index is 12.2. The van der Waals surface area contributed by atoms with E-state index in [-0.39, 0.29) is 11.8 Å². The summed E-state index contributed by atoms with van der Waals surface area (Å²) in [6.07, 6.45) is 7.59. The number of amides is 1. The fourth-order valence-corrected chi connectivity index (χ4v) is 3.37. The number of hydrogen-bond acceptors (Lipinski definition) is 8. The predicted molar refractivity (Wildman–Crippen MR) is 106 cm³/mol. The molecule has 1 N–H and O–H groups in total.